The van der Waals surface area contributed by atoms with Crippen molar-refractivity contribution in [2.75, 3.05) is 23.4 Å². The maximum absolute atomic E-state index is 12.8. The maximum atomic E-state index is 12.8. The maximum Gasteiger partial charge on any atom is 0.416 e. The minimum absolute atomic E-state index is 0.0302. The van der Waals surface area contributed by atoms with Crippen LogP contribution in [0.4, 0.5) is 24.5 Å². The number of benzene rings is 2. The van der Waals surface area contributed by atoms with Crippen LogP contribution in [0.3, 0.4) is 0 Å². The second-order valence-corrected chi connectivity index (χ2v) is 7.52. The second-order valence-electron chi connectivity index (χ2n) is 6.71. The van der Waals surface area contributed by atoms with Crippen molar-refractivity contribution in [3.05, 3.63) is 58.1 Å². The largest absolute Gasteiger partial charge is 0.455 e. The lowest BCUT2D eigenvalue weighted by atomic mass is 10.1. The summed E-state index contributed by atoms with van der Waals surface area (Å²) in [5.74, 6) is -2.79. The summed E-state index contributed by atoms with van der Waals surface area (Å²) >= 11 is 11.9. The summed E-state index contributed by atoms with van der Waals surface area (Å²) in [6.45, 7) is -0.718. The first kappa shape index (κ1) is 22.9. The highest BCUT2D eigenvalue weighted by Gasteiger charge is 2.37. The third-order valence-electron chi connectivity index (χ3n) is 4.51. The molecular formula is C20H15Cl2F3N2O4. The molecule has 164 valence electrons. The van der Waals surface area contributed by atoms with E-state index in [1.807, 2.05) is 0 Å². The van der Waals surface area contributed by atoms with Crippen molar-refractivity contribution in [2.24, 2.45) is 5.92 Å². The van der Waals surface area contributed by atoms with Gasteiger partial charge < -0.3 is 15.0 Å². The van der Waals surface area contributed by atoms with Crippen molar-refractivity contribution in [3.8, 4) is 0 Å². The van der Waals surface area contributed by atoms with Crippen molar-refractivity contribution in [1.29, 1.82) is 0 Å². The van der Waals surface area contributed by atoms with Crippen LogP contribution in [-0.2, 0) is 25.3 Å². The number of ether oxygens (including phenoxy) is 1. The highest BCUT2D eigenvalue weighted by atomic mass is 35.5. The SMILES string of the molecule is O=C(COC(=O)[C@H]1CC(=O)N(c2ccccc2Cl)C1)Nc1cc(C(F)(F)F)ccc1Cl. The smallest absolute Gasteiger partial charge is 0.416 e. The molecule has 31 heavy (non-hydrogen) atoms. The number of carbonyl (C=O) groups excluding carboxylic acids is 3. The summed E-state index contributed by atoms with van der Waals surface area (Å²) in [4.78, 5) is 37.9. The van der Waals surface area contributed by atoms with E-state index in [4.69, 9.17) is 27.9 Å². The molecule has 3 rings (SSSR count). The summed E-state index contributed by atoms with van der Waals surface area (Å²) < 4.78 is 43.4. The summed E-state index contributed by atoms with van der Waals surface area (Å²) in [6.07, 6.45) is -4.73. The van der Waals surface area contributed by atoms with E-state index < -0.39 is 36.1 Å². The number of rotatable bonds is 5. The summed E-state index contributed by atoms with van der Waals surface area (Å²) in [6, 6.07) is 9.11. The molecule has 2 aromatic carbocycles. The number of alkyl halides is 3. The fourth-order valence-electron chi connectivity index (χ4n) is 3.01. The van der Waals surface area contributed by atoms with Gasteiger partial charge in [-0.25, -0.2) is 0 Å². The van der Waals surface area contributed by atoms with Gasteiger partial charge in [0.25, 0.3) is 5.91 Å². The molecule has 1 aliphatic rings. The van der Waals surface area contributed by atoms with Crippen molar-refractivity contribution in [3.63, 3.8) is 0 Å². The number of nitrogens with one attached hydrogen (secondary N) is 1. The van der Waals surface area contributed by atoms with Crippen LogP contribution >= 0.6 is 23.2 Å². The molecule has 1 heterocycles. The third kappa shape index (κ3) is 5.48. The van der Waals surface area contributed by atoms with Crippen LogP contribution in [0.15, 0.2) is 42.5 Å². The van der Waals surface area contributed by atoms with Crippen molar-refractivity contribution < 1.29 is 32.3 Å². The van der Waals surface area contributed by atoms with Gasteiger partial charge in [0.05, 0.1) is 32.9 Å². The predicted molar refractivity (Wildman–Crippen MR) is 108 cm³/mol. The van der Waals surface area contributed by atoms with Crippen molar-refractivity contribution in [1.82, 2.24) is 0 Å². The van der Waals surface area contributed by atoms with E-state index in [0.29, 0.717) is 16.8 Å². The molecule has 0 radical (unpaired) electrons. The molecule has 6 nitrogen and oxygen atoms in total. The average Bonchev–Trinajstić information content (AvgIpc) is 3.09. The Bertz CT molecular complexity index is 1030. The molecule has 1 saturated heterocycles. The summed E-state index contributed by atoms with van der Waals surface area (Å²) in [7, 11) is 0. The number of hydrogen-bond acceptors (Lipinski definition) is 4. The number of para-hydroxylation sites is 1. The summed E-state index contributed by atoms with van der Waals surface area (Å²) in [5, 5.41) is 2.42. The van der Waals surface area contributed by atoms with Gasteiger partial charge in [-0.15, -0.1) is 0 Å². The van der Waals surface area contributed by atoms with Crippen molar-refractivity contribution >= 4 is 52.4 Å². The first-order valence-corrected chi connectivity index (χ1v) is 9.70. The lowest BCUT2D eigenvalue weighted by Crippen LogP contribution is -2.28. The van der Waals surface area contributed by atoms with E-state index >= 15 is 0 Å². The molecule has 1 aliphatic heterocycles. The number of nitrogens with zero attached hydrogens (tertiary/aromatic N) is 1. The zero-order valence-electron chi connectivity index (χ0n) is 15.7. The first-order valence-electron chi connectivity index (χ1n) is 8.94. The molecule has 1 N–H and O–H groups in total. The van der Waals surface area contributed by atoms with Gasteiger partial charge in [0.15, 0.2) is 6.61 Å². The molecule has 2 amide bonds. The number of halogens is 5. The van der Waals surface area contributed by atoms with Gasteiger partial charge in [-0.2, -0.15) is 13.2 Å². The Morgan fingerprint density at radius 3 is 2.52 bits per heavy atom. The van der Waals surface area contributed by atoms with Gasteiger partial charge >= 0.3 is 12.1 Å². The van der Waals surface area contributed by atoms with Gasteiger partial charge in [-0.1, -0.05) is 35.3 Å². The number of hydrogen-bond donors (Lipinski definition) is 1. The quantitative estimate of drug-likeness (QED) is 0.645. The van der Waals surface area contributed by atoms with Crippen LogP contribution in [0.25, 0.3) is 0 Å². The van der Waals surface area contributed by atoms with Crippen LogP contribution in [-0.4, -0.2) is 30.9 Å². The zero-order valence-corrected chi connectivity index (χ0v) is 17.2. The van der Waals surface area contributed by atoms with Crippen molar-refractivity contribution in [2.45, 2.75) is 12.6 Å². The van der Waals surface area contributed by atoms with E-state index in [1.165, 1.54) is 4.90 Å². The van der Waals surface area contributed by atoms with Gasteiger partial charge in [-0.3, -0.25) is 14.4 Å². The van der Waals surface area contributed by atoms with Gasteiger partial charge in [0.2, 0.25) is 5.91 Å². The number of esters is 1. The molecule has 0 unspecified atom stereocenters. The Labute approximate surface area is 184 Å². The van der Waals surface area contributed by atoms with Crippen LogP contribution in [0.2, 0.25) is 10.0 Å². The third-order valence-corrected chi connectivity index (χ3v) is 5.16. The van der Waals surface area contributed by atoms with Crippen LogP contribution < -0.4 is 10.2 Å². The van der Waals surface area contributed by atoms with E-state index in [2.05, 4.69) is 5.32 Å². The topological polar surface area (TPSA) is 75.7 Å². The Balaban J connectivity index is 1.57. The molecule has 11 heteroatoms. The lowest BCUT2D eigenvalue weighted by Gasteiger charge is -2.17. The molecule has 0 saturated carbocycles. The predicted octanol–water partition coefficient (Wildman–Crippen LogP) is 4.55. The average molecular weight is 475 g/mol. The van der Waals surface area contributed by atoms with E-state index in [1.54, 1.807) is 24.3 Å². The molecule has 0 spiro atoms. The standard InChI is InChI=1S/C20H15Cl2F3N2O4/c21-13-6-5-12(20(23,24)25)8-15(13)26-17(28)10-31-19(30)11-7-18(29)27(9-11)16-4-2-1-3-14(16)22/h1-6,8,11H,7,9-10H2,(H,26,28)/t11-/m0/s1. The molecule has 1 atom stereocenters. The lowest BCUT2D eigenvalue weighted by molar-refractivity contribution is -0.151. The monoisotopic (exact) mass is 474 g/mol. The van der Waals surface area contributed by atoms with Gasteiger partial charge in [0, 0.05) is 13.0 Å². The normalized spacial score (nSPS) is 16.4. The summed E-state index contributed by atoms with van der Waals surface area (Å²) in [5.41, 5.74) is -0.798. The Kier molecular flexibility index (Phi) is 6.76. The number of anilines is 2. The second kappa shape index (κ2) is 9.15. The highest BCUT2D eigenvalue weighted by Crippen LogP contribution is 2.34. The fraction of sp³-hybridized carbons (Fsp3) is 0.250. The van der Waals surface area contributed by atoms with E-state index in [-0.39, 0.29) is 29.6 Å². The highest BCUT2D eigenvalue weighted by molar-refractivity contribution is 6.34. The number of carbonyl (C=O) groups is 3. The van der Waals surface area contributed by atoms with E-state index in [0.717, 1.165) is 12.1 Å². The Morgan fingerprint density at radius 2 is 1.84 bits per heavy atom. The van der Waals surface area contributed by atoms with Crippen LogP contribution in [0.1, 0.15) is 12.0 Å². The van der Waals surface area contributed by atoms with Gasteiger partial charge in [0.1, 0.15) is 0 Å². The van der Waals surface area contributed by atoms with Crippen LogP contribution in [0.5, 0.6) is 0 Å². The van der Waals surface area contributed by atoms with E-state index in [9.17, 15) is 27.6 Å². The number of amides is 2. The molecule has 1 fully saturated rings. The Morgan fingerprint density at radius 1 is 1.13 bits per heavy atom. The minimum atomic E-state index is -4.61. The molecule has 0 aliphatic carbocycles. The molecule has 0 bridgehead atoms. The van der Waals surface area contributed by atoms with Crippen LogP contribution in [0, 0.1) is 5.92 Å². The molecular weight excluding hydrogens is 460 g/mol. The van der Waals surface area contributed by atoms with Gasteiger partial charge in [-0.05, 0) is 30.3 Å². The zero-order chi connectivity index (χ0) is 22.8. The Hall–Kier alpha value is -2.78. The minimum Gasteiger partial charge on any atom is -0.455 e. The fourth-order valence-corrected chi connectivity index (χ4v) is 3.41. The molecule has 2 aromatic rings. The molecule has 0 aromatic heterocycles. The first-order chi connectivity index (χ1) is 14.6.